The van der Waals surface area contributed by atoms with Crippen LogP contribution in [0.5, 0.6) is 11.5 Å². The molecule has 2 saturated heterocycles. The number of benzene rings is 1. The van der Waals surface area contributed by atoms with E-state index in [9.17, 15) is 4.79 Å². The average molecular weight is 325 g/mol. The second kappa shape index (κ2) is 6.34. The summed E-state index contributed by atoms with van der Waals surface area (Å²) >= 11 is 0. The van der Waals surface area contributed by atoms with Crippen LogP contribution in [0.4, 0.5) is 0 Å². The number of carbonyl (C=O) groups is 1. The monoisotopic (exact) mass is 324 g/mol. The Bertz CT molecular complexity index is 566. The van der Waals surface area contributed by atoms with E-state index in [4.69, 9.17) is 9.47 Å². The number of fused-ring (bicyclic) bond motifs is 2. The highest BCUT2D eigenvalue weighted by molar-refractivity contribution is 5.95. The van der Waals surface area contributed by atoms with E-state index < -0.39 is 0 Å². The van der Waals surface area contributed by atoms with Crippen LogP contribution in [0.25, 0.3) is 0 Å². The normalized spacial score (nSPS) is 26.1. The van der Waals surface area contributed by atoms with Crippen molar-refractivity contribution in [1.29, 1.82) is 0 Å². The molecular weight excluding hydrogens is 304 g/mol. The molecule has 22 heavy (non-hydrogen) atoms. The second-order valence-electron chi connectivity index (χ2n) is 6.08. The summed E-state index contributed by atoms with van der Waals surface area (Å²) in [5.41, 5.74) is 0.698. The molecule has 1 N–H and O–H groups in total. The SMILES string of the molecule is Cl.O=C(c1ccc2c(c1)OCCO2)N1CCC2CNCC2C1. The third kappa shape index (κ3) is 2.75. The first-order chi connectivity index (χ1) is 10.3. The lowest BCUT2D eigenvalue weighted by atomic mass is 9.88. The van der Waals surface area contributed by atoms with Gasteiger partial charge in [-0.3, -0.25) is 4.79 Å². The lowest BCUT2D eigenvalue weighted by Gasteiger charge is -2.34. The minimum Gasteiger partial charge on any atom is -0.486 e. The average Bonchev–Trinajstić information content (AvgIpc) is 3.01. The number of hydrogen-bond acceptors (Lipinski definition) is 4. The molecule has 1 amide bonds. The van der Waals surface area contributed by atoms with Crippen molar-refractivity contribution in [3.8, 4) is 11.5 Å². The molecule has 5 nitrogen and oxygen atoms in total. The first kappa shape index (κ1) is 15.4. The zero-order valence-electron chi connectivity index (χ0n) is 12.4. The zero-order chi connectivity index (χ0) is 14.2. The van der Waals surface area contributed by atoms with Gasteiger partial charge in [0.15, 0.2) is 11.5 Å². The molecule has 3 aliphatic rings. The third-order valence-electron chi connectivity index (χ3n) is 4.78. The van der Waals surface area contributed by atoms with Crippen molar-refractivity contribution >= 4 is 18.3 Å². The minimum absolute atomic E-state index is 0. The lowest BCUT2D eigenvalue weighted by Crippen LogP contribution is -2.43. The van der Waals surface area contributed by atoms with Gasteiger partial charge in [0.2, 0.25) is 0 Å². The molecule has 0 bridgehead atoms. The number of rotatable bonds is 1. The molecule has 2 fully saturated rings. The Morgan fingerprint density at radius 3 is 2.77 bits per heavy atom. The van der Waals surface area contributed by atoms with Crippen molar-refractivity contribution in [3.63, 3.8) is 0 Å². The number of ether oxygens (including phenoxy) is 2. The van der Waals surface area contributed by atoms with E-state index in [1.807, 2.05) is 23.1 Å². The van der Waals surface area contributed by atoms with Gasteiger partial charge in [-0.05, 0) is 49.5 Å². The number of piperidine rings is 1. The number of nitrogens with one attached hydrogen (secondary N) is 1. The minimum atomic E-state index is 0. The topological polar surface area (TPSA) is 50.8 Å². The summed E-state index contributed by atoms with van der Waals surface area (Å²) < 4.78 is 11.1. The predicted molar refractivity (Wildman–Crippen MR) is 85.1 cm³/mol. The third-order valence-corrected chi connectivity index (χ3v) is 4.78. The van der Waals surface area contributed by atoms with Crippen LogP contribution in [0.1, 0.15) is 16.8 Å². The van der Waals surface area contributed by atoms with Crippen LogP contribution in [-0.2, 0) is 0 Å². The summed E-state index contributed by atoms with van der Waals surface area (Å²) in [5.74, 6) is 2.88. The fourth-order valence-electron chi connectivity index (χ4n) is 3.58. The molecule has 3 aliphatic heterocycles. The Hall–Kier alpha value is -1.46. The van der Waals surface area contributed by atoms with Gasteiger partial charge in [0.05, 0.1) is 0 Å². The van der Waals surface area contributed by atoms with E-state index in [1.165, 1.54) is 0 Å². The van der Waals surface area contributed by atoms with Crippen LogP contribution in [0.2, 0.25) is 0 Å². The van der Waals surface area contributed by atoms with Crippen molar-refractivity contribution in [2.45, 2.75) is 6.42 Å². The number of hydrogen-bond donors (Lipinski definition) is 1. The van der Waals surface area contributed by atoms with Gasteiger partial charge in [-0.2, -0.15) is 0 Å². The fourth-order valence-corrected chi connectivity index (χ4v) is 3.58. The molecule has 1 aromatic carbocycles. The number of halogens is 1. The van der Waals surface area contributed by atoms with Crippen LogP contribution in [0.15, 0.2) is 18.2 Å². The molecular formula is C16H21ClN2O3. The molecule has 0 radical (unpaired) electrons. The van der Waals surface area contributed by atoms with Gasteiger partial charge in [-0.25, -0.2) is 0 Å². The summed E-state index contributed by atoms with van der Waals surface area (Å²) in [6, 6.07) is 5.50. The van der Waals surface area contributed by atoms with Crippen LogP contribution in [0.3, 0.4) is 0 Å². The van der Waals surface area contributed by atoms with E-state index in [0.717, 1.165) is 44.3 Å². The summed E-state index contributed by atoms with van der Waals surface area (Å²) in [5, 5.41) is 3.43. The van der Waals surface area contributed by atoms with Gasteiger partial charge in [-0.1, -0.05) is 0 Å². The number of nitrogens with zero attached hydrogens (tertiary/aromatic N) is 1. The highest BCUT2D eigenvalue weighted by atomic mass is 35.5. The van der Waals surface area contributed by atoms with Crippen LogP contribution < -0.4 is 14.8 Å². The van der Waals surface area contributed by atoms with E-state index in [-0.39, 0.29) is 18.3 Å². The first-order valence-corrected chi connectivity index (χ1v) is 7.71. The maximum Gasteiger partial charge on any atom is 0.254 e. The van der Waals surface area contributed by atoms with Gasteiger partial charge < -0.3 is 19.7 Å². The van der Waals surface area contributed by atoms with Crippen molar-refractivity contribution in [2.75, 3.05) is 39.4 Å². The Morgan fingerprint density at radius 1 is 1.14 bits per heavy atom. The molecule has 4 rings (SSSR count). The maximum atomic E-state index is 12.7. The molecule has 0 aliphatic carbocycles. The number of likely N-dealkylation sites (tertiary alicyclic amines) is 1. The summed E-state index contributed by atoms with van der Waals surface area (Å²) in [6.45, 7) is 4.99. The van der Waals surface area contributed by atoms with E-state index in [2.05, 4.69) is 5.32 Å². The van der Waals surface area contributed by atoms with E-state index in [0.29, 0.717) is 30.4 Å². The lowest BCUT2D eigenvalue weighted by molar-refractivity contribution is 0.0641. The molecule has 3 heterocycles. The van der Waals surface area contributed by atoms with Crippen LogP contribution >= 0.6 is 12.4 Å². The molecule has 120 valence electrons. The van der Waals surface area contributed by atoms with Crippen LogP contribution in [0, 0.1) is 11.8 Å². The summed E-state index contributed by atoms with van der Waals surface area (Å²) in [4.78, 5) is 14.7. The molecule has 6 heteroatoms. The Kier molecular flexibility index (Phi) is 4.45. The standard InChI is InChI=1S/C16H20N2O3.ClH/c19-16(18-4-3-12-8-17-9-13(12)10-18)11-1-2-14-15(7-11)21-6-5-20-14;/h1-2,7,12-13,17H,3-6,8-10H2;1H. The van der Waals surface area contributed by atoms with Gasteiger partial charge in [-0.15, -0.1) is 12.4 Å². The summed E-state index contributed by atoms with van der Waals surface area (Å²) in [6.07, 6.45) is 1.11. The fraction of sp³-hybridized carbons (Fsp3) is 0.562. The maximum absolute atomic E-state index is 12.7. The van der Waals surface area contributed by atoms with Gasteiger partial charge in [0.25, 0.3) is 5.91 Å². The number of amides is 1. The van der Waals surface area contributed by atoms with Gasteiger partial charge in [0, 0.05) is 18.7 Å². The molecule has 0 aromatic heterocycles. The zero-order valence-corrected chi connectivity index (χ0v) is 13.2. The molecule has 0 spiro atoms. The van der Waals surface area contributed by atoms with E-state index >= 15 is 0 Å². The van der Waals surface area contributed by atoms with Gasteiger partial charge >= 0.3 is 0 Å². The molecule has 0 saturated carbocycles. The number of carbonyl (C=O) groups excluding carboxylic acids is 1. The molecule has 2 unspecified atom stereocenters. The van der Waals surface area contributed by atoms with Crippen molar-refractivity contribution in [2.24, 2.45) is 11.8 Å². The first-order valence-electron chi connectivity index (χ1n) is 7.71. The van der Waals surface area contributed by atoms with Crippen molar-refractivity contribution < 1.29 is 14.3 Å². The molecule has 2 atom stereocenters. The van der Waals surface area contributed by atoms with Crippen molar-refractivity contribution in [3.05, 3.63) is 23.8 Å². The highest BCUT2D eigenvalue weighted by Crippen LogP contribution is 2.32. The quantitative estimate of drug-likeness (QED) is 0.852. The highest BCUT2D eigenvalue weighted by Gasteiger charge is 2.34. The van der Waals surface area contributed by atoms with Crippen molar-refractivity contribution in [1.82, 2.24) is 10.2 Å². The Labute approximate surface area is 136 Å². The van der Waals surface area contributed by atoms with E-state index in [1.54, 1.807) is 0 Å². The van der Waals surface area contributed by atoms with Gasteiger partial charge in [0.1, 0.15) is 13.2 Å². The summed E-state index contributed by atoms with van der Waals surface area (Å²) in [7, 11) is 0. The second-order valence-corrected chi connectivity index (χ2v) is 6.08. The Balaban J connectivity index is 0.00000144. The Morgan fingerprint density at radius 2 is 1.91 bits per heavy atom. The molecule has 1 aromatic rings. The van der Waals surface area contributed by atoms with Crippen LogP contribution in [-0.4, -0.2) is 50.2 Å². The largest absolute Gasteiger partial charge is 0.486 e. The predicted octanol–water partition coefficient (Wildman–Crippen LogP) is 1.56. The smallest absolute Gasteiger partial charge is 0.254 e.